The number of nitrogens with zero attached hydrogens (tertiary/aromatic N) is 2. The van der Waals surface area contributed by atoms with E-state index in [1.807, 2.05) is 69.6 Å². The van der Waals surface area contributed by atoms with Gasteiger partial charge in [-0.1, -0.05) is 24.3 Å². The first-order valence-corrected chi connectivity index (χ1v) is 10.7. The van der Waals surface area contributed by atoms with Crippen LogP contribution in [-0.4, -0.2) is 65.0 Å². The maximum absolute atomic E-state index is 5.95. The number of methoxy groups -OCH3 is 1. The number of hydrogen-bond donors (Lipinski definition) is 2. The van der Waals surface area contributed by atoms with E-state index in [2.05, 4.69) is 15.5 Å². The minimum Gasteiger partial charge on any atom is -0.493 e. The molecule has 0 aromatic heterocycles. The zero-order valence-corrected chi connectivity index (χ0v) is 19.2. The number of aliphatic imine (C=N–C) groups is 1. The molecule has 0 aliphatic rings. The minimum absolute atomic E-state index is 0.515. The number of benzene rings is 2. The second-order valence-corrected chi connectivity index (χ2v) is 7.30. The lowest BCUT2D eigenvalue weighted by molar-refractivity contribution is 0.172. The van der Waals surface area contributed by atoms with Crippen LogP contribution in [0.5, 0.6) is 11.5 Å². The monoisotopic (exact) mass is 428 g/mol. The van der Waals surface area contributed by atoms with E-state index < -0.39 is 0 Å². The Morgan fingerprint density at radius 2 is 1.84 bits per heavy atom. The van der Waals surface area contributed by atoms with Gasteiger partial charge < -0.3 is 29.7 Å². The van der Waals surface area contributed by atoms with Crippen LogP contribution in [0.3, 0.4) is 0 Å². The van der Waals surface area contributed by atoms with Crippen molar-refractivity contribution in [2.24, 2.45) is 4.99 Å². The van der Waals surface area contributed by atoms with Gasteiger partial charge >= 0.3 is 0 Å². The van der Waals surface area contributed by atoms with Crippen LogP contribution in [0, 0.1) is 0 Å². The van der Waals surface area contributed by atoms with Crippen molar-refractivity contribution >= 4 is 11.6 Å². The Balaban J connectivity index is 2.01. The van der Waals surface area contributed by atoms with E-state index in [1.165, 1.54) is 0 Å². The molecule has 0 heterocycles. The molecule has 7 heteroatoms. The largest absolute Gasteiger partial charge is 0.493 e. The molecule has 0 saturated heterocycles. The van der Waals surface area contributed by atoms with E-state index in [1.54, 1.807) is 7.11 Å². The molecule has 2 rings (SSSR count). The molecule has 0 atom stereocenters. The van der Waals surface area contributed by atoms with Gasteiger partial charge in [0.15, 0.2) is 5.96 Å². The van der Waals surface area contributed by atoms with Crippen LogP contribution in [0.4, 0.5) is 5.69 Å². The molecule has 2 aromatic rings. The summed E-state index contributed by atoms with van der Waals surface area (Å²) in [5.74, 6) is 2.40. The molecule has 0 unspecified atom stereocenters. The topological polar surface area (TPSA) is 67.4 Å². The lowest BCUT2D eigenvalue weighted by Gasteiger charge is -2.15. The van der Waals surface area contributed by atoms with Gasteiger partial charge in [-0.3, -0.25) is 0 Å². The van der Waals surface area contributed by atoms with Crippen molar-refractivity contribution in [3.8, 4) is 11.5 Å². The molecule has 2 aromatic carbocycles. The molecule has 0 bridgehead atoms. The highest BCUT2D eigenvalue weighted by atomic mass is 16.5. The van der Waals surface area contributed by atoms with Gasteiger partial charge in [0.25, 0.3) is 0 Å². The third kappa shape index (κ3) is 9.72. The summed E-state index contributed by atoms with van der Waals surface area (Å²) in [5.41, 5.74) is 1.97. The van der Waals surface area contributed by atoms with E-state index in [0.717, 1.165) is 42.3 Å². The first-order valence-electron chi connectivity index (χ1n) is 10.7. The molecule has 170 valence electrons. The van der Waals surface area contributed by atoms with Crippen LogP contribution >= 0.6 is 0 Å². The summed E-state index contributed by atoms with van der Waals surface area (Å²) in [4.78, 5) is 6.85. The van der Waals surface area contributed by atoms with Gasteiger partial charge in [-0.25, -0.2) is 4.99 Å². The van der Waals surface area contributed by atoms with Crippen molar-refractivity contribution in [2.75, 3.05) is 59.4 Å². The molecular weight excluding hydrogens is 392 g/mol. The smallest absolute Gasteiger partial charge is 0.196 e. The molecule has 2 N–H and O–H groups in total. The summed E-state index contributed by atoms with van der Waals surface area (Å²) >= 11 is 0. The lowest BCUT2D eigenvalue weighted by atomic mass is 10.2. The molecule has 0 saturated carbocycles. The Kier molecular flexibility index (Phi) is 11.3. The molecular formula is C24H36N4O3. The number of hydrogen-bond acceptors (Lipinski definition) is 5. The molecule has 0 amide bonds. The maximum Gasteiger partial charge on any atom is 0.196 e. The molecule has 31 heavy (non-hydrogen) atoms. The van der Waals surface area contributed by atoms with E-state index in [9.17, 15) is 0 Å². The Hall–Kier alpha value is -2.77. The summed E-state index contributed by atoms with van der Waals surface area (Å²) in [7, 11) is 5.77. The number of ether oxygens (including phenoxy) is 3. The lowest BCUT2D eigenvalue weighted by Crippen LogP contribution is -2.30. The Bertz CT molecular complexity index is 796. The molecule has 0 aliphatic carbocycles. The zero-order chi connectivity index (χ0) is 22.3. The second-order valence-electron chi connectivity index (χ2n) is 7.30. The van der Waals surface area contributed by atoms with Gasteiger partial charge in [-0.15, -0.1) is 0 Å². The normalized spacial score (nSPS) is 11.5. The van der Waals surface area contributed by atoms with Crippen molar-refractivity contribution < 1.29 is 14.2 Å². The number of rotatable bonds is 13. The average Bonchev–Trinajstić information content (AvgIpc) is 2.76. The molecule has 0 spiro atoms. The SMILES string of the molecule is CCNC(=NCc1ccccc1OCCN(C)C)Nc1cccc(OCCCOC)c1. The standard InChI is InChI=1S/C24H36N4O3/c1-5-25-24(27-21-11-8-12-22(18-21)30-16-9-15-29-4)26-19-20-10-6-7-13-23(20)31-17-14-28(2)3/h6-8,10-13,18H,5,9,14-17,19H2,1-4H3,(H2,25,26,27). The van der Waals surface area contributed by atoms with Crippen molar-refractivity contribution in [3.63, 3.8) is 0 Å². The quantitative estimate of drug-likeness (QED) is 0.289. The number of likely N-dealkylation sites (N-methyl/N-ethyl adjacent to an activating group) is 1. The van der Waals surface area contributed by atoms with Crippen LogP contribution in [0.25, 0.3) is 0 Å². The summed E-state index contributed by atoms with van der Waals surface area (Å²) in [5, 5.41) is 6.65. The van der Waals surface area contributed by atoms with Crippen LogP contribution in [0.1, 0.15) is 18.9 Å². The van der Waals surface area contributed by atoms with Crippen LogP contribution in [-0.2, 0) is 11.3 Å². The Labute approximate surface area is 186 Å². The summed E-state index contributed by atoms with van der Waals surface area (Å²) in [6.45, 7) is 6.14. The fourth-order valence-electron chi connectivity index (χ4n) is 2.78. The minimum atomic E-state index is 0.515. The predicted molar refractivity (Wildman–Crippen MR) is 127 cm³/mol. The fraction of sp³-hybridized carbons (Fsp3) is 0.458. The van der Waals surface area contributed by atoms with Gasteiger partial charge in [0, 0.05) is 50.5 Å². The van der Waals surface area contributed by atoms with Crippen molar-refractivity contribution in [1.82, 2.24) is 10.2 Å². The second kappa shape index (κ2) is 14.3. The highest BCUT2D eigenvalue weighted by molar-refractivity contribution is 5.93. The molecule has 0 fully saturated rings. The zero-order valence-electron chi connectivity index (χ0n) is 19.2. The number of para-hydroxylation sites is 1. The summed E-state index contributed by atoms with van der Waals surface area (Å²) in [6.07, 6.45) is 0.855. The van der Waals surface area contributed by atoms with Crippen LogP contribution < -0.4 is 20.1 Å². The van der Waals surface area contributed by atoms with Crippen LogP contribution in [0.15, 0.2) is 53.5 Å². The first kappa shape index (κ1) is 24.5. The van der Waals surface area contributed by atoms with Gasteiger partial charge in [0.1, 0.15) is 18.1 Å². The van der Waals surface area contributed by atoms with E-state index in [0.29, 0.717) is 32.3 Å². The third-order valence-electron chi connectivity index (χ3n) is 4.38. The summed E-state index contributed by atoms with van der Waals surface area (Å²) < 4.78 is 16.8. The third-order valence-corrected chi connectivity index (χ3v) is 4.38. The predicted octanol–water partition coefficient (Wildman–Crippen LogP) is 3.62. The Morgan fingerprint density at radius 3 is 2.61 bits per heavy atom. The summed E-state index contributed by atoms with van der Waals surface area (Å²) in [6, 6.07) is 15.9. The van der Waals surface area contributed by atoms with E-state index >= 15 is 0 Å². The van der Waals surface area contributed by atoms with Crippen LogP contribution in [0.2, 0.25) is 0 Å². The Morgan fingerprint density at radius 1 is 1.00 bits per heavy atom. The number of nitrogens with one attached hydrogen (secondary N) is 2. The van der Waals surface area contributed by atoms with Gasteiger partial charge in [0.05, 0.1) is 13.2 Å². The van der Waals surface area contributed by atoms with E-state index in [4.69, 9.17) is 19.2 Å². The fourth-order valence-corrected chi connectivity index (χ4v) is 2.78. The number of guanidine groups is 1. The van der Waals surface area contributed by atoms with Crippen molar-refractivity contribution in [3.05, 3.63) is 54.1 Å². The highest BCUT2D eigenvalue weighted by Gasteiger charge is 2.05. The highest BCUT2D eigenvalue weighted by Crippen LogP contribution is 2.20. The van der Waals surface area contributed by atoms with Crippen molar-refractivity contribution in [1.29, 1.82) is 0 Å². The van der Waals surface area contributed by atoms with Gasteiger partial charge in [-0.2, -0.15) is 0 Å². The molecule has 0 radical (unpaired) electrons. The van der Waals surface area contributed by atoms with Gasteiger partial charge in [-0.05, 0) is 39.2 Å². The maximum atomic E-state index is 5.95. The van der Waals surface area contributed by atoms with Gasteiger partial charge in [0.2, 0.25) is 0 Å². The average molecular weight is 429 g/mol. The van der Waals surface area contributed by atoms with Crippen molar-refractivity contribution in [2.45, 2.75) is 19.9 Å². The number of anilines is 1. The molecule has 7 nitrogen and oxygen atoms in total. The molecule has 0 aliphatic heterocycles. The van der Waals surface area contributed by atoms with E-state index in [-0.39, 0.29) is 0 Å². The first-order chi connectivity index (χ1) is 15.1.